The molecule has 2 aromatic carbocycles. The van der Waals surface area contributed by atoms with Gasteiger partial charge in [-0.3, -0.25) is 4.79 Å². The molecular weight excluding hydrogens is 260 g/mol. The van der Waals surface area contributed by atoms with Crippen LogP contribution in [-0.2, 0) is 0 Å². The Kier molecular flexibility index (Phi) is 4.20. The smallest absolute Gasteiger partial charge is 0.255 e. The van der Waals surface area contributed by atoms with Crippen molar-refractivity contribution in [2.75, 3.05) is 23.3 Å². The zero-order valence-corrected chi connectivity index (χ0v) is 12.1. The van der Waals surface area contributed by atoms with Gasteiger partial charge >= 0.3 is 0 Å². The number of benzene rings is 2. The van der Waals surface area contributed by atoms with Crippen molar-refractivity contribution in [3.05, 3.63) is 60.2 Å². The summed E-state index contributed by atoms with van der Waals surface area (Å²) in [5, 5.41) is 2.93. The van der Waals surface area contributed by atoms with E-state index in [2.05, 4.69) is 16.3 Å². The van der Waals surface area contributed by atoms with Crippen LogP contribution in [0.15, 0.2) is 54.6 Å². The predicted octanol–water partition coefficient (Wildman–Crippen LogP) is 3.93. The Labute approximate surface area is 125 Å². The molecule has 3 nitrogen and oxygen atoms in total. The van der Waals surface area contributed by atoms with Crippen molar-refractivity contribution in [1.82, 2.24) is 0 Å². The van der Waals surface area contributed by atoms with Gasteiger partial charge in [0.25, 0.3) is 5.91 Å². The monoisotopic (exact) mass is 280 g/mol. The van der Waals surface area contributed by atoms with Gasteiger partial charge in [0.2, 0.25) is 0 Å². The lowest BCUT2D eigenvalue weighted by atomic mass is 10.1. The first-order chi connectivity index (χ1) is 10.3. The van der Waals surface area contributed by atoms with Gasteiger partial charge in [-0.25, -0.2) is 0 Å². The van der Waals surface area contributed by atoms with Gasteiger partial charge in [0, 0.05) is 30.0 Å². The highest BCUT2D eigenvalue weighted by molar-refractivity contribution is 6.04. The number of nitrogens with zero attached hydrogens (tertiary/aromatic N) is 1. The van der Waals surface area contributed by atoms with Gasteiger partial charge < -0.3 is 10.2 Å². The molecule has 1 aliphatic rings. The third-order valence-corrected chi connectivity index (χ3v) is 3.86. The van der Waals surface area contributed by atoms with Crippen LogP contribution < -0.4 is 10.2 Å². The molecule has 0 aliphatic carbocycles. The first-order valence-corrected chi connectivity index (χ1v) is 7.54. The molecule has 0 aromatic heterocycles. The van der Waals surface area contributed by atoms with Crippen molar-refractivity contribution < 1.29 is 4.79 Å². The van der Waals surface area contributed by atoms with Crippen LogP contribution in [0.4, 0.5) is 11.4 Å². The number of carbonyl (C=O) groups excluding carboxylic acids is 1. The molecule has 1 fully saturated rings. The topological polar surface area (TPSA) is 32.3 Å². The molecule has 1 N–H and O–H groups in total. The molecule has 0 atom stereocenters. The SMILES string of the molecule is O=C(Nc1ccccc1)c1cccc(N2CCCCC2)c1. The first-order valence-electron chi connectivity index (χ1n) is 7.54. The van der Waals surface area contributed by atoms with E-state index in [1.807, 2.05) is 48.5 Å². The predicted molar refractivity (Wildman–Crippen MR) is 86.9 cm³/mol. The molecular formula is C18H20N2O. The molecule has 2 aromatic rings. The van der Waals surface area contributed by atoms with Crippen LogP contribution in [0.25, 0.3) is 0 Å². The minimum absolute atomic E-state index is 0.0555. The Morgan fingerprint density at radius 3 is 2.43 bits per heavy atom. The van der Waals surface area contributed by atoms with Crippen molar-refractivity contribution in [2.45, 2.75) is 19.3 Å². The minimum atomic E-state index is -0.0555. The number of carbonyl (C=O) groups is 1. The van der Waals surface area contributed by atoms with E-state index >= 15 is 0 Å². The van der Waals surface area contributed by atoms with Gasteiger partial charge in [-0.05, 0) is 49.6 Å². The average molecular weight is 280 g/mol. The summed E-state index contributed by atoms with van der Waals surface area (Å²) in [4.78, 5) is 14.7. The quantitative estimate of drug-likeness (QED) is 0.924. The molecule has 0 saturated carbocycles. The second-order valence-corrected chi connectivity index (χ2v) is 5.42. The fourth-order valence-corrected chi connectivity index (χ4v) is 2.72. The molecule has 0 radical (unpaired) electrons. The molecule has 0 bridgehead atoms. The molecule has 3 rings (SSSR count). The van der Waals surface area contributed by atoms with Gasteiger partial charge in [0.1, 0.15) is 0 Å². The summed E-state index contributed by atoms with van der Waals surface area (Å²) in [6.07, 6.45) is 3.78. The minimum Gasteiger partial charge on any atom is -0.372 e. The number of anilines is 2. The van der Waals surface area contributed by atoms with E-state index in [0.717, 1.165) is 24.5 Å². The Balaban J connectivity index is 1.74. The highest BCUT2D eigenvalue weighted by Crippen LogP contribution is 2.21. The van der Waals surface area contributed by atoms with Crippen molar-refractivity contribution in [3.8, 4) is 0 Å². The lowest BCUT2D eigenvalue weighted by Gasteiger charge is -2.29. The van der Waals surface area contributed by atoms with E-state index in [-0.39, 0.29) is 5.91 Å². The third-order valence-electron chi connectivity index (χ3n) is 3.86. The van der Waals surface area contributed by atoms with Crippen molar-refractivity contribution in [1.29, 1.82) is 0 Å². The fourth-order valence-electron chi connectivity index (χ4n) is 2.72. The van der Waals surface area contributed by atoms with E-state index < -0.39 is 0 Å². The maximum atomic E-state index is 12.3. The normalized spacial score (nSPS) is 14.8. The highest BCUT2D eigenvalue weighted by atomic mass is 16.1. The molecule has 1 aliphatic heterocycles. The second kappa shape index (κ2) is 6.44. The Morgan fingerprint density at radius 1 is 0.905 bits per heavy atom. The molecule has 0 unspecified atom stereocenters. The van der Waals surface area contributed by atoms with Crippen molar-refractivity contribution >= 4 is 17.3 Å². The Bertz CT molecular complexity index is 604. The number of amides is 1. The van der Waals surface area contributed by atoms with Gasteiger partial charge in [-0.1, -0.05) is 24.3 Å². The molecule has 3 heteroatoms. The van der Waals surface area contributed by atoms with Crippen LogP contribution in [0, 0.1) is 0 Å². The Morgan fingerprint density at radius 2 is 1.67 bits per heavy atom. The second-order valence-electron chi connectivity index (χ2n) is 5.42. The van der Waals surface area contributed by atoms with E-state index in [1.54, 1.807) is 0 Å². The van der Waals surface area contributed by atoms with Crippen LogP contribution in [0.3, 0.4) is 0 Å². The summed E-state index contributed by atoms with van der Waals surface area (Å²) < 4.78 is 0. The van der Waals surface area contributed by atoms with Crippen molar-refractivity contribution in [2.24, 2.45) is 0 Å². The third kappa shape index (κ3) is 3.43. The van der Waals surface area contributed by atoms with Crippen LogP contribution in [0.2, 0.25) is 0 Å². The van der Waals surface area contributed by atoms with E-state index in [9.17, 15) is 4.79 Å². The zero-order valence-electron chi connectivity index (χ0n) is 12.1. The van der Waals surface area contributed by atoms with E-state index in [0.29, 0.717) is 5.56 Å². The maximum absolute atomic E-state index is 12.3. The van der Waals surface area contributed by atoms with E-state index in [4.69, 9.17) is 0 Å². The molecule has 0 spiro atoms. The molecule has 1 saturated heterocycles. The van der Waals surface area contributed by atoms with Crippen LogP contribution in [0.5, 0.6) is 0 Å². The number of rotatable bonds is 3. The molecule has 1 amide bonds. The van der Waals surface area contributed by atoms with Crippen LogP contribution >= 0.6 is 0 Å². The highest BCUT2D eigenvalue weighted by Gasteiger charge is 2.13. The van der Waals surface area contributed by atoms with Gasteiger partial charge in [-0.2, -0.15) is 0 Å². The maximum Gasteiger partial charge on any atom is 0.255 e. The standard InChI is InChI=1S/C18H20N2O/c21-18(19-16-9-3-1-4-10-16)15-8-7-11-17(14-15)20-12-5-2-6-13-20/h1,3-4,7-11,14H,2,5-6,12-13H2,(H,19,21). The molecule has 1 heterocycles. The van der Waals surface area contributed by atoms with Gasteiger partial charge in [0.05, 0.1) is 0 Å². The summed E-state index contributed by atoms with van der Waals surface area (Å²) in [6, 6.07) is 17.5. The Hall–Kier alpha value is -2.29. The molecule has 108 valence electrons. The summed E-state index contributed by atoms with van der Waals surface area (Å²) in [5.41, 5.74) is 2.68. The number of piperidine rings is 1. The summed E-state index contributed by atoms with van der Waals surface area (Å²) in [6.45, 7) is 2.17. The number of hydrogen-bond acceptors (Lipinski definition) is 2. The number of hydrogen-bond donors (Lipinski definition) is 1. The van der Waals surface area contributed by atoms with E-state index in [1.165, 1.54) is 19.3 Å². The number of nitrogens with one attached hydrogen (secondary N) is 1. The number of para-hydroxylation sites is 1. The summed E-state index contributed by atoms with van der Waals surface area (Å²) in [7, 11) is 0. The van der Waals surface area contributed by atoms with Gasteiger partial charge in [-0.15, -0.1) is 0 Å². The van der Waals surface area contributed by atoms with Crippen molar-refractivity contribution in [3.63, 3.8) is 0 Å². The van der Waals surface area contributed by atoms with Crippen LogP contribution in [-0.4, -0.2) is 19.0 Å². The zero-order chi connectivity index (χ0) is 14.5. The largest absolute Gasteiger partial charge is 0.372 e. The molecule has 21 heavy (non-hydrogen) atoms. The first kappa shape index (κ1) is 13.7. The summed E-state index contributed by atoms with van der Waals surface area (Å²) in [5.74, 6) is -0.0555. The van der Waals surface area contributed by atoms with Crippen LogP contribution in [0.1, 0.15) is 29.6 Å². The summed E-state index contributed by atoms with van der Waals surface area (Å²) >= 11 is 0. The lowest BCUT2D eigenvalue weighted by Crippen LogP contribution is -2.29. The fraction of sp³-hybridized carbons (Fsp3) is 0.278. The average Bonchev–Trinajstić information content (AvgIpc) is 2.57. The lowest BCUT2D eigenvalue weighted by molar-refractivity contribution is 0.102. The van der Waals surface area contributed by atoms with Gasteiger partial charge in [0.15, 0.2) is 0 Å².